The Kier molecular flexibility index (Phi) is 3.20. The van der Waals surface area contributed by atoms with Gasteiger partial charge in [0.2, 0.25) is 5.95 Å². The van der Waals surface area contributed by atoms with E-state index in [0.29, 0.717) is 11.5 Å². The lowest BCUT2D eigenvalue weighted by Crippen LogP contribution is -2.03. The van der Waals surface area contributed by atoms with Crippen molar-refractivity contribution in [3.05, 3.63) is 18.2 Å². The quantitative estimate of drug-likeness (QED) is 0.916. The second kappa shape index (κ2) is 4.77. The molecule has 0 radical (unpaired) electrons. The van der Waals surface area contributed by atoms with E-state index in [4.69, 9.17) is 5.73 Å². The van der Waals surface area contributed by atoms with Crippen molar-refractivity contribution in [3.8, 4) is 0 Å². The number of aromatic nitrogens is 2. The Morgan fingerprint density at radius 3 is 2.80 bits per heavy atom. The van der Waals surface area contributed by atoms with Gasteiger partial charge >= 0.3 is 0 Å². The molecule has 1 aliphatic rings. The molecule has 20 heavy (non-hydrogen) atoms. The first-order valence-electron chi connectivity index (χ1n) is 6.91. The molecule has 0 aliphatic heterocycles. The van der Waals surface area contributed by atoms with Gasteiger partial charge in [-0.2, -0.15) is 0 Å². The molecule has 0 unspecified atom stereocenters. The summed E-state index contributed by atoms with van der Waals surface area (Å²) in [4.78, 5) is 4.51. The summed E-state index contributed by atoms with van der Waals surface area (Å²) in [7, 11) is -3.29. The monoisotopic (exact) mass is 293 g/mol. The van der Waals surface area contributed by atoms with Crippen LogP contribution >= 0.6 is 0 Å². The summed E-state index contributed by atoms with van der Waals surface area (Å²) in [6.07, 6.45) is 6.16. The molecule has 108 valence electrons. The topological polar surface area (TPSA) is 78.0 Å². The van der Waals surface area contributed by atoms with Gasteiger partial charge in [-0.15, -0.1) is 0 Å². The molecule has 6 heteroatoms. The first-order chi connectivity index (χ1) is 9.47. The van der Waals surface area contributed by atoms with Crippen LogP contribution in [0.5, 0.6) is 0 Å². The van der Waals surface area contributed by atoms with Gasteiger partial charge in [0.15, 0.2) is 9.84 Å². The molecule has 0 spiro atoms. The second-order valence-corrected chi connectivity index (χ2v) is 7.59. The van der Waals surface area contributed by atoms with E-state index in [1.165, 1.54) is 25.5 Å². The van der Waals surface area contributed by atoms with Crippen LogP contribution in [-0.2, 0) is 16.4 Å². The Hall–Kier alpha value is -1.56. The number of nitrogens with zero attached hydrogens (tertiary/aromatic N) is 2. The Labute approximate surface area is 118 Å². The average Bonchev–Trinajstić information content (AvgIpc) is 3.12. The Bertz CT molecular complexity index is 745. The molecular weight excluding hydrogens is 274 g/mol. The second-order valence-electron chi connectivity index (χ2n) is 5.60. The van der Waals surface area contributed by atoms with Crippen LogP contribution in [0, 0.1) is 5.92 Å². The van der Waals surface area contributed by atoms with Gasteiger partial charge < -0.3 is 10.3 Å². The molecule has 1 heterocycles. The van der Waals surface area contributed by atoms with Crippen LogP contribution in [0.25, 0.3) is 11.0 Å². The highest BCUT2D eigenvalue weighted by atomic mass is 32.2. The number of fused-ring (bicyclic) bond motifs is 1. The molecule has 1 saturated carbocycles. The number of aryl methyl sites for hydroxylation is 1. The van der Waals surface area contributed by atoms with Crippen molar-refractivity contribution in [2.45, 2.75) is 37.1 Å². The number of anilines is 1. The maximum atomic E-state index is 11.8. The molecule has 0 amide bonds. The summed E-state index contributed by atoms with van der Waals surface area (Å²) >= 11 is 0. The van der Waals surface area contributed by atoms with E-state index in [1.807, 2.05) is 10.6 Å². The van der Waals surface area contributed by atoms with Crippen molar-refractivity contribution in [3.63, 3.8) is 0 Å². The number of hydrogen-bond acceptors (Lipinski definition) is 4. The van der Waals surface area contributed by atoms with Gasteiger partial charge in [-0.1, -0.05) is 18.9 Å². The van der Waals surface area contributed by atoms with E-state index in [1.54, 1.807) is 12.1 Å². The van der Waals surface area contributed by atoms with Crippen LogP contribution in [0.2, 0.25) is 0 Å². The highest BCUT2D eigenvalue weighted by Crippen LogP contribution is 2.34. The standard InChI is InChI=1S/C14H19N3O2S/c1-20(18,19)12-6-2-5-11-13(12)16-14(15)17(11)9-3-4-10-7-8-10/h2,5-6,10H,3-4,7-9H2,1H3,(H2,15,16). The van der Waals surface area contributed by atoms with Crippen LogP contribution in [0.15, 0.2) is 23.1 Å². The first kappa shape index (κ1) is 13.4. The zero-order valence-corrected chi connectivity index (χ0v) is 12.4. The van der Waals surface area contributed by atoms with Crippen molar-refractivity contribution in [1.82, 2.24) is 9.55 Å². The zero-order chi connectivity index (χ0) is 14.3. The minimum Gasteiger partial charge on any atom is -0.369 e. The molecule has 5 nitrogen and oxygen atoms in total. The van der Waals surface area contributed by atoms with Crippen molar-refractivity contribution < 1.29 is 8.42 Å². The minimum absolute atomic E-state index is 0.252. The third-order valence-corrected chi connectivity index (χ3v) is 4.99. The number of sulfone groups is 1. The Morgan fingerprint density at radius 2 is 2.15 bits per heavy atom. The van der Waals surface area contributed by atoms with Crippen LogP contribution in [0.3, 0.4) is 0 Å². The molecule has 3 rings (SSSR count). The maximum Gasteiger partial charge on any atom is 0.201 e. The molecule has 0 atom stereocenters. The van der Waals surface area contributed by atoms with E-state index in [-0.39, 0.29) is 4.90 Å². The third kappa shape index (κ3) is 2.52. The molecular formula is C14H19N3O2S. The summed E-state index contributed by atoms with van der Waals surface area (Å²) < 4.78 is 25.5. The van der Waals surface area contributed by atoms with Gasteiger partial charge in [-0.05, 0) is 30.9 Å². The summed E-state index contributed by atoms with van der Waals surface area (Å²) in [5, 5.41) is 0. The fourth-order valence-electron chi connectivity index (χ4n) is 2.62. The summed E-state index contributed by atoms with van der Waals surface area (Å²) in [5.74, 6) is 1.28. The van der Waals surface area contributed by atoms with Gasteiger partial charge in [0, 0.05) is 12.8 Å². The lowest BCUT2D eigenvalue weighted by Gasteiger charge is -2.06. The number of rotatable bonds is 5. The summed E-state index contributed by atoms with van der Waals surface area (Å²) in [6.45, 7) is 0.798. The number of para-hydroxylation sites is 1. The molecule has 2 N–H and O–H groups in total. The largest absolute Gasteiger partial charge is 0.369 e. The van der Waals surface area contributed by atoms with Gasteiger partial charge in [0.25, 0.3) is 0 Å². The lowest BCUT2D eigenvalue weighted by atomic mass is 10.2. The van der Waals surface area contributed by atoms with Crippen LogP contribution < -0.4 is 5.73 Å². The average molecular weight is 293 g/mol. The van der Waals surface area contributed by atoms with E-state index in [0.717, 1.165) is 24.4 Å². The smallest absolute Gasteiger partial charge is 0.201 e. The van der Waals surface area contributed by atoms with E-state index < -0.39 is 9.84 Å². The molecule has 1 aromatic carbocycles. The van der Waals surface area contributed by atoms with Crippen molar-refractivity contribution in [2.75, 3.05) is 12.0 Å². The molecule has 1 aliphatic carbocycles. The SMILES string of the molecule is CS(=O)(=O)c1cccc2c1nc(N)n2CCCC1CC1. The fourth-order valence-corrected chi connectivity index (χ4v) is 3.45. The molecule has 0 bridgehead atoms. The minimum atomic E-state index is -3.29. The van der Waals surface area contributed by atoms with Crippen LogP contribution in [0.4, 0.5) is 5.95 Å². The van der Waals surface area contributed by atoms with Crippen molar-refractivity contribution in [1.29, 1.82) is 0 Å². The summed E-state index contributed by atoms with van der Waals surface area (Å²) in [6, 6.07) is 5.21. The predicted molar refractivity (Wildman–Crippen MR) is 79.2 cm³/mol. The molecule has 2 aromatic rings. The van der Waals surface area contributed by atoms with Crippen LogP contribution in [-0.4, -0.2) is 24.2 Å². The normalized spacial score (nSPS) is 15.8. The van der Waals surface area contributed by atoms with Gasteiger partial charge in [-0.25, -0.2) is 13.4 Å². The van der Waals surface area contributed by atoms with Gasteiger partial charge in [-0.3, -0.25) is 0 Å². The van der Waals surface area contributed by atoms with Gasteiger partial charge in [0.1, 0.15) is 5.52 Å². The number of hydrogen-bond donors (Lipinski definition) is 1. The molecule has 1 fully saturated rings. The van der Waals surface area contributed by atoms with Gasteiger partial charge in [0.05, 0.1) is 10.4 Å². The maximum absolute atomic E-state index is 11.8. The fraction of sp³-hybridized carbons (Fsp3) is 0.500. The van der Waals surface area contributed by atoms with E-state index in [9.17, 15) is 8.42 Å². The van der Waals surface area contributed by atoms with Crippen LogP contribution in [0.1, 0.15) is 25.7 Å². The highest BCUT2D eigenvalue weighted by molar-refractivity contribution is 7.91. The van der Waals surface area contributed by atoms with E-state index in [2.05, 4.69) is 4.98 Å². The Morgan fingerprint density at radius 1 is 1.40 bits per heavy atom. The number of nitrogens with two attached hydrogens (primary N) is 1. The number of imidazole rings is 1. The molecule has 0 saturated heterocycles. The highest BCUT2D eigenvalue weighted by Gasteiger charge is 2.21. The lowest BCUT2D eigenvalue weighted by molar-refractivity contribution is 0.590. The molecule has 1 aromatic heterocycles. The third-order valence-electron chi connectivity index (χ3n) is 3.86. The predicted octanol–water partition coefficient (Wildman–Crippen LogP) is 2.21. The number of benzene rings is 1. The number of nitrogen functional groups attached to an aromatic ring is 1. The van der Waals surface area contributed by atoms with E-state index >= 15 is 0 Å². The van der Waals surface area contributed by atoms with Crippen molar-refractivity contribution >= 4 is 26.8 Å². The summed E-state index contributed by atoms with van der Waals surface area (Å²) in [5.41, 5.74) is 7.25. The van der Waals surface area contributed by atoms with Crippen molar-refractivity contribution in [2.24, 2.45) is 5.92 Å². The zero-order valence-electron chi connectivity index (χ0n) is 11.5. The Balaban J connectivity index is 1.97. The first-order valence-corrected chi connectivity index (χ1v) is 8.81.